The first kappa shape index (κ1) is 23.8. The van der Waals surface area contributed by atoms with Crippen molar-refractivity contribution in [1.82, 2.24) is 4.90 Å². The quantitative estimate of drug-likeness (QED) is 0.296. The van der Waals surface area contributed by atoms with Crippen molar-refractivity contribution in [3.05, 3.63) is 65.7 Å². The number of amides is 2. The van der Waals surface area contributed by atoms with Gasteiger partial charge in [0.15, 0.2) is 0 Å². The maximum Gasteiger partial charge on any atom is 0.315 e. The summed E-state index contributed by atoms with van der Waals surface area (Å²) in [6.07, 6.45) is 9.00. The second kappa shape index (κ2) is 12.2. The van der Waals surface area contributed by atoms with E-state index in [1.54, 1.807) is 4.90 Å². The maximum absolute atomic E-state index is 12.4. The van der Waals surface area contributed by atoms with Crippen LogP contribution in [0, 0.1) is 0 Å². The summed E-state index contributed by atoms with van der Waals surface area (Å²) in [7, 11) is 0. The van der Waals surface area contributed by atoms with Crippen LogP contribution in [-0.4, -0.2) is 22.9 Å². The second-order valence-corrected chi connectivity index (χ2v) is 8.60. The van der Waals surface area contributed by atoms with Crippen LogP contribution in [0.25, 0.3) is 0 Å². The third-order valence-electron chi connectivity index (χ3n) is 6.30. The van der Waals surface area contributed by atoms with Gasteiger partial charge in [0, 0.05) is 6.54 Å². The highest BCUT2D eigenvalue weighted by Gasteiger charge is 2.28. The van der Waals surface area contributed by atoms with Gasteiger partial charge in [0.2, 0.25) is 5.90 Å². The normalized spacial score (nSPS) is 15.9. The predicted octanol–water partition coefficient (Wildman–Crippen LogP) is 5.79. The number of rotatable bonds is 9. The van der Waals surface area contributed by atoms with Crippen LogP contribution < -0.4 is 11.6 Å². The fourth-order valence-corrected chi connectivity index (χ4v) is 4.50. The molecule has 0 radical (unpaired) electrons. The average Bonchev–Trinajstić information content (AvgIpc) is 2.84. The van der Waals surface area contributed by atoms with Gasteiger partial charge >= 0.3 is 6.03 Å². The molecule has 2 amide bonds. The average molecular weight is 437 g/mol. The van der Waals surface area contributed by atoms with Gasteiger partial charge in [0.05, 0.1) is 5.69 Å². The van der Waals surface area contributed by atoms with Crippen LogP contribution in [0.5, 0.6) is 0 Å². The number of carbonyl (C=O) groups is 1. The van der Waals surface area contributed by atoms with E-state index in [1.165, 1.54) is 37.7 Å². The SMILES string of the molecule is CCCC[C@H](C(=Nc1ccc(C2CCCCC2)cc1)ON)N(Cc1ccccc1)C(N)=O. The number of urea groups is 1. The number of carbonyl (C=O) groups excluding carboxylic acids is 1. The Morgan fingerprint density at radius 3 is 2.38 bits per heavy atom. The zero-order valence-corrected chi connectivity index (χ0v) is 19.1. The number of primary amides is 1. The first-order valence-corrected chi connectivity index (χ1v) is 11.8. The Morgan fingerprint density at radius 2 is 1.78 bits per heavy atom. The molecule has 3 rings (SSSR count). The lowest BCUT2D eigenvalue weighted by molar-refractivity contribution is 0.178. The minimum absolute atomic E-state index is 0.304. The van der Waals surface area contributed by atoms with Gasteiger partial charge in [-0.3, -0.25) is 0 Å². The van der Waals surface area contributed by atoms with Crippen molar-refractivity contribution in [3.63, 3.8) is 0 Å². The Morgan fingerprint density at radius 1 is 1.09 bits per heavy atom. The molecule has 0 bridgehead atoms. The molecule has 0 heterocycles. The predicted molar refractivity (Wildman–Crippen MR) is 130 cm³/mol. The first-order valence-electron chi connectivity index (χ1n) is 11.8. The van der Waals surface area contributed by atoms with Gasteiger partial charge in [-0.05, 0) is 48.4 Å². The van der Waals surface area contributed by atoms with E-state index in [0.717, 1.165) is 24.1 Å². The van der Waals surface area contributed by atoms with Gasteiger partial charge in [0.25, 0.3) is 0 Å². The highest BCUT2D eigenvalue weighted by molar-refractivity contribution is 5.88. The van der Waals surface area contributed by atoms with Crippen molar-refractivity contribution in [1.29, 1.82) is 0 Å². The molecule has 2 aromatic carbocycles. The third kappa shape index (κ3) is 6.57. The van der Waals surface area contributed by atoms with E-state index in [2.05, 4.69) is 24.0 Å². The van der Waals surface area contributed by atoms with Crippen molar-refractivity contribution >= 4 is 17.6 Å². The summed E-state index contributed by atoms with van der Waals surface area (Å²) in [5, 5.41) is 0. The molecule has 6 nitrogen and oxygen atoms in total. The van der Waals surface area contributed by atoms with E-state index >= 15 is 0 Å². The zero-order chi connectivity index (χ0) is 22.8. The molecule has 6 heteroatoms. The minimum Gasteiger partial charge on any atom is -0.394 e. The summed E-state index contributed by atoms with van der Waals surface area (Å²) in [6.45, 7) is 2.47. The highest BCUT2D eigenvalue weighted by Crippen LogP contribution is 2.33. The van der Waals surface area contributed by atoms with Crippen LogP contribution >= 0.6 is 0 Å². The molecule has 1 aliphatic rings. The zero-order valence-electron chi connectivity index (χ0n) is 19.1. The van der Waals surface area contributed by atoms with E-state index in [0.29, 0.717) is 24.8 Å². The fourth-order valence-electron chi connectivity index (χ4n) is 4.50. The molecule has 1 aliphatic carbocycles. The van der Waals surface area contributed by atoms with Gasteiger partial charge in [-0.15, -0.1) is 0 Å². The van der Waals surface area contributed by atoms with E-state index in [4.69, 9.17) is 16.5 Å². The summed E-state index contributed by atoms with van der Waals surface area (Å²) in [5.41, 5.74) is 8.89. The molecule has 1 saturated carbocycles. The molecule has 172 valence electrons. The Bertz CT molecular complexity index is 861. The lowest BCUT2D eigenvalue weighted by Gasteiger charge is -2.30. The van der Waals surface area contributed by atoms with Crippen molar-refractivity contribution < 1.29 is 9.63 Å². The lowest BCUT2D eigenvalue weighted by atomic mass is 9.84. The molecule has 0 spiro atoms. The number of nitrogens with zero attached hydrogens (tertiary/aromatic N) is 2. The summed E-state index contributed by atoms with van der Waals surface area (Å²) < 4.78 is 0. The smallest absolute Gasteiger partial charge is 0.315 e. The topological polar surface area (TPSA) is 93.9 Å². The fraction of sp³-hybridized carbons (Fsp3) is 0.462. The van der Waals surface area contributed by atoms with Gasteiger partial charge in [-0.1, -0.05) is 81.5 Å². The number of hydrogen-bond acceptors (Lipinski definition) is 4. The van der Waals surface area contributed by atoms with Gasteiger partial charge in [-0.25, -0.2) is 9.79 Å². The molecule has 32 heavy (non-hydrogen) atoms. The third-order valence-corrected chi connectivity index (χ3v) is 6.30. The monoisotopic (exact) mass is 436 g/mol. The van der Waals surface area contributed by atoms with Gasteiger partial charge in [0.1, 0.15) is 6.04 Å². The molecule has 1 atom stereocenters. The number of hydrogen-bond donors (Lipinski definition) is 2. The Labute approximate surface area is 191 Å². The van der Waals surface area contributed by atoms with Crippen molar-refractivity contribution in [2.24, 2.45) is 16.6 Å². The van der Waals surface area contributed by atoms with E-state index in [1.807, 2.05) is 42.5 Å². The van der Waals surface area contributed by atoms with E-state index < -0.39 is 12.1 Å². The van der Waals surface area contributed by atoms with Crippen LogP contribution in [0.15, 0.2) is 59.6 Å². The van der Waals surface area contributed by atoms with E-state index in [-0.39, 0.29) is 0 Å². The molecule has 4 N–H and O–H groups in total. The lowest BCUT2D eigenvalue weighted by Crippen LogP contribution is -2.48. The summed E-state index contributed by atoms with van der Waals surface area (Å²) in [6, 6.07) is 17.1. The largest absolute Gasteiger partial charge is 0.394 e. The highest BCUT2D eigenvalue weighted by atomic mass is 16.6. The van der Waals surface area contributed by atoms with Gasteiger partial charge < -0.3 is 15.5 Å². The Hall–Kier alpha value is -2.86. The summed E-state index contributed by atoms with van der Waals surface area (Å²) in [5.74, 6) is 6.61. The van der Waals surface area contributed by atoms with Crippen molar-refractivity contribution in [2.75, 3.05) is 0 Å². The molecule has 0 unspecified atom stereocenters. The van der Waals surface area contributed by atoms with Crippen molar-refractivity contribution in [3.8, 4) is 0 Å². The number of unbranched alkanes of at least 4 members (excludes halogenated alkanes) is 1. The summed E-state index contributed by atoms with van der Waals surface area (Å²) >= 11 is 0. The van der Waals surface area contributed by atoms with Crippen LogP contribution in [0.2, 0.25) is 0 Å². The summed E-state index contributed by atoms with van der Waals surface area (Å²) in [4.78, 5) is 23.9. The maximum atomic E-state index is 12.4. The molecular formula is C26H36N4O2. The molecule has 1 fully saturated rings. The van der Waals surface area contributed by atoms with Crippen LogP contribution in [0.4, 0.5) is 10.5 Å². The number of nitrogens with two attached hydrogens (primary N) is 2. The number of aliphatic imine (C=N–C) groups is 1. The minimum atomic E-state index is -0.521. The molecule has 0 saturated heterocycles. The molecule has 0 aliphatic heterocycles. The van der Waals surface area contributed by atoms with Gasteiger partial charge in [-0.2, -0.15) is 5.90 Å². The van der Waals surface area contributed by atoms with Crippen LogP contribution in [0.1, 0.15) is 75.3 Å². The van der Waals surface area contributed by atoms with Crippen molar-refractivity contribution in [2.45, 2.75) is 76.8 Å². The second-order valence-electron chi connectivity index (χ2n) is 8.60. The number of benzene rings is 2. The van der Waals surface area contributed by atoms with E-state index in [9.17, 15) is 4.79 Å². The Balaban J connectivity index is 1.84. The molecule has 0 aromatic heterocycles. The van der Waals surface area contributed by atoms with Crippen LogP contribution in [-0.2, 0) is 11.4 Å². The standard InChI is InChI=1S/C26H36N4O2/c1-2-3-14-24(30(26(27)31)19-20-10-6-4-7-11-20)25(32-28)29-23-17-15-22(16-18-23)21-12-8-5-9-13-21/h4,6-7,10-11,15-18,21,24H,2-3,5,8-9,12-14,19,28H2,1H3,(H2,27,31)/t24-/m1/s1. The van der Waals surface area contributed by atoms with Crippen LogP contribution in [0.3, 0.4) is 0 Å². The first-order chi connectivity index (χ1) is 15.6. The molecular weight excluding hydrogens is 400 g/mol. The molecule has 2 aromatic rings. The Kier molecular flexibility index (Phi) is 9.11.